The first-order chi connectivity index (χ1) is 9.44. The van der Waals surface area contributed by atoms with Crippen molar-refractivity contribution in [3.63, 3.8) is 0 Å². The Bertz CT molecular complexity index is 540. The fourth-order valence-corrected chi connectivity index (χ4v) is 2.29. The number of carbonyl (C=O) groups is 2. The molecular formula is C13H14ClNO5. The number of amides is 1. The average molecular weight is 300 g/mol. The second-order valence-electron chi connectivity index (χ2n) is 4.62. The van der Waals surface area contributed by atoms with Gasteiger partial charge in [0.1, 0.15) is 11.3 Å². The third-order valence-corrected chi connectivity index (χ3v) is 3.63. The van der Waals surface area contributed by atoms with Gasteiger partial charge in [-0.25, -0.2) is 4.79 Å². The van der Waals surface area contributed by atoms with Gasteiger partial charge in [-0.1, -0.05) is 11.6 Å². The Morgan fingerprint density at radius 2 is 1.95 bits per heavy atom. The summed E-state index contributed by atoms with van der Waals surface area (Å²) in [6.07, 6.45) is 0.370. The quantitative estimate of drug-likeness (QED) is 0.784. The third kappa shape index (κ3) is 2.86. The lowest BCUT2D eigenvalue weighted by Crippen LogP contribution is -2.57. The molecule has 6 nitrogen and oxygen atoms in total. The van der Waals surface area contributed by atoms with Gasteiger partial charge in [-0.2, -0.15) is 0 Å². The van der Waals surface area contributed by atoms with E-state index in [-0.39, 0.29) is 42.4 Å². The van der Waals surface area contributed by atoms with Gasteiger partial charge < -0.3 is 20.3 Å². The molecule has 1 aliphatic heterocycles. The number of phenols is 1. The zero-order valence-corrected chi connectivity index (χ0v) is 11.3. The smallest absolute Gasteiger partial charge is 0.329 e. The molecule has 0 atom stereocenters. The van der Waals surface area contributed by atoms with Crippen molar-refractivity contribution in [2.75, 3.05) is 13.2 Å². The average Bonchev–Trinajstić information content (AvgIpc) is 2.42. The minimum atomic E-state index is -1.36. The molecule has 0 unspecified atom stereocenters. The summed E-state index contributed by atoms with van der Waals surface area (Å²) in [5.74, 6) is -1.85. The Balaban J connectivity index is 2.24. The molecule has 1 heterocycles. The van der Waals surface area contributed by atoms with Gasteiger partial charge in [0.05, 0.1) is 10.6 Å². The van der Waals surface area contributed by atoms with Crippen LogP contribution in [-0.2, 0) is 9.53 Å². The normalized spacial score (nSPS) is 17.4. The molecule has 0 radical (unpaired) electrons. The lowest BCUT2D eigenvalue weighted by Gasteiger charge is -2.33. The number of carbonyl (C=O) groups excluding carboxylic acids is 1. The second kappa shape index (κ2) is 5.68. The van der Waals surface area contributed by atoms with Crippen molar-refractivity contribution in [3.8, 4) is 5.75 Å². The van der Waals surface area contributed by atoms with Gasteiger partial charge in [-0.15, -0.1) is 0 Å². The summed E-state index contributed by atoms with van der Waals surface area (Å²) in [5.41, 5.74) is -1.32. The van der Waals surface area contributed by atoms with Gasteiger partial charge in [0.25, 0.3) is 5.91 Å². The Labute approximate surface area is 120 Å². The monoisotopic (exact) mass is 299 g/mol. The van der Waals surface area contributed by atoms with Crippen LogP contribution in [0.3, 0.4) is 0 Å². The van der Waals surface area contributed by atoms with E-state index in [2.05, 4.69) is 5.32 Å². The molecular weight excluding hydrogens is 286 g/mol. The minimum absolute atomic E-state index is 0.0405. The molecule has 7 heteroatoms. The van der Waals surface area contributed by atoms with Gasteiger partial charge in [-0.3, -0.25) is 4.79 Å². The Hall–Kier alpha value is -1.79. The first-order valence-corrected chi connectivity index (χ1v) is 6.44. The van der Waals surface area contributed by atoms with E-state index >= 15 is 0 Å². The number of carboxylic acid groups (broad SMARTS) is 1. The summed E-state index contributed by atoms with van der Waals surface area (Å²) >= 11 is 5.89. The molecule has 0 spiro atoms. The molecule has 108 valence electrons. The standard InChI is InChI=1S/C13H14ClNO5/c14-10-2-1-8(16)7-9(10)11(17)15-13(12(18)19)3-5-20-6-4-13/h1-2,7,16H,3-6H2,(H,15,17)(H,18,19). The Kier molecular flexibility index (Phi) is 4.15. The predicted molar refractivity (Wildman–Crippen MR) is 71.0 cm³/mol. The van der Waals surface area contributed by atoms with Crippen molar-refractivity contribution >= 4 is 23.5 Å². The molecule has 1 aromatic carbocycles. The van der Waals surface area contributed by atoms with Gasteiger partial charge in [0.2, 0.25) is 0 Å². The van der Waals surface area contributed by atoms with Gasteiger partial charge in [0, 0.05) is 26.1 Å². The van der Waals surface area contributed by atoms with E-state index in [1.807, 2.05) is 0 Å². The predicted octanol–water partition coefficient (Wildman–Crippen LogP) is 1.41. The third-order valence-electron chi connectivity index (χ3n) is 3.30. The van der Waals surface area contributed by atoms with E-state index in [9.17, 15) is 19.8 Å². The highest BCUT2D eigenvalue weighted by atomic mass is 35.5. The first kappa shape index (κ1) is 14.6. The minimum Gasteiger partial charge on any atom is -0.508 e. The van der Waals surface area contributed by atoms with Crippen molar-refractivity contribution in [2.24, 2.45) is 0 Å². The van der Waals surface area contributed by atoms with Crippen LogP contribution in [0.5, 0.6) is 5.75 Å². The maximum absolute atomic E-state index is 12.2. The number of benzene rings is 1. The van der Waals surface area contributed by atoms with Crippen LogP contribution in [0.15, 0.2) is 18.2 Å². The van der Waals surface area contributed by atoms with Gasteiger partial charge >= 0.3 is 5.97 Å². The van der Waals surface area contributed by atoms with Crippen molar-refractivity contribution in [2.45, 2.75) is 18.4 Å². The molecule has 1 amide bonds. The molecule has 0 aromatic heterocycles. The van der Waals surface area contributed by atoms with Crippen molar-refractivity contribution in [1.82, 2.24) is 5.32 Å². The largest absolute Gasteiger partial charge is 0.508 e. The van der Waals surface area contributed by atoms with Crippen LogP contribution >= 0.6 is 11.6 Å². The topological polar surface area (TPSA) is 95.9 Å². The maximum atomic E-state index is 12.2. The van der Waals surface area contributed by atoms with Gasteiger partial charge in [-0.05, 0) is 18.2 Å². The number of halogens is 1. The number of aliphatic carboxylic acids is 1. The zero-order chi connectivity index (χ0) is 14.8. The summed E-state index contributed by atoms with van der Waals surface area (Å²) < 4.78 is 5.12. The molecule has 1 aromatic rings. The number of ether oxygens (including phenoxy) is 1. The van der Waals surface area contributed by atoms with E-state index in [1.165, 1.54) is 18.2 Å². The van der Waals surface area contributed by atoms with Crippen LogP contribution in [0.2, 0.25) is 5.02 Å². The lowest BCUT2D eigenvalue weighted by molar-refractivity contribution is -0.148. The molecule has 20 heavy (non-hydrogen) atoms. The molecule has 0 aliphatic carbocycles. The number of aromatic hydroxyl groups is 1. The molecule has 1 saturated heterocycles. The van der Waals surface area contributed by atoms with Crippen molar-refractivity contribution in [1.29, 1.82) is 0 Å². The molecule has 0 bridgehead atoms. The molecule has 1 fully saturated rings. The summed E-state index contributed by atoms with van der Waals surface area (Å²) in [4.78, 5) is 23.6. The molecule has 0 saturated carbocycles. The van der Waals surface area contributed by atoms with Crippen LogP contribution in [0.1, 0.15) is 23.2 Å². The fourth-order valence-electron chi connectivity index (χ4n) is 2.08. The molecule has 1 aliphatic rings. The molecule has 2 rings (SSSR count). The van der Waals surface area contributed by atoms with E-state index in [0.29, 0.717) is 0 Å². The highest BCUT2D eigenvalue weighted by molar-refractivity contribution is 6.34. The number of hydrogen-bond donors (Lipinski definition) is 3. The van der Waals surface area contributed by atoms with Crippen LogP contribution in [0.4, 0.5) is 0 Å². The van der Waals surface area contributed by atoms with Crippen LogP contribution < -0.4 is 5.32 Å². The summed E-state index contributed by atoms with van der Waals surface area (Å²) in [6.45, 7) is 0.528. The maximum Gasteiger partial charge on any atom is 0.329 e. The number of phenolic OH excluding ortho intramolecular Hbond substituents is 1. The van der Waals surface area contributed by atoms with E-state index < -0.39 is 17.4 Å². The van der Waals surface area contributed by atoms with Crippen LogP contribution in [-0.4, -0.2) is 40.8 Å². The Morgan fingerprint density at radius 3 is 2.55 bits per heavy atom. The lowest BCUT2D eigenvalue weighted by atomic mass is 9.89. The van der Waals surface area contributed by atoms with E-state index in [4.69, 9.17) is 16.3 Å². The van der Waals surface area contributed by atoms with Crippen molar-refractivity contribution in [3.05, 3.63) is 28.8 Å². The van der Waals surface area contributed by atoms with Crippen molar-refractivity contribution < 1.29 is 24.5 Å². The van der Waals surface area contributed by atoms with E-state index in [1.54, 1.807) is 0 Å². The van der Waals surface area contributed by atoms with E-state index in [0.717, 1.165) is 0 Å². The van der Waals surface area contributed by atoms with Gasteiger partial charge in [0.15, 0.2) is 0 Å². The number of rotatable bonds is 3. The highest BCUT2D eigenvalue weighted by Gasteiger charge is 2.42. The number of hydrogen-bond acceptors (Lipinski definition) is 4. The van der Waals surface area contributed by atoms with Crippen LogP contribution in [0.25, 0.3) is 0 Å². The SMILES string of the molecule is O=C(NC1(C(=O)O)CCOCC1)c1cc(O)ccc1Cl. The number of carboxylic acids is 1. The fraction of sp³-hybridized carbons (Fsp3) is 0.385. The highest BCUT2D eigenvalue weighted by Crippen LogP contribution is 2.25. The van der Waals surface area contributed by atoms with Crippen LogP contribution in [0, 0.1) is 0 Å². The summed E-state index contributed by atoms with van der Waals surface area (Å²) in [6, 6.07) is 3.93. The summed E-state index contributed by atoms with van der Waals surface area (Å²) in [5, 5.41) is 21.4. The Morgan fingerprint density at radius 1 is 1.30 bits per heavy atom. The first-order valence-electron chi connectivity index (χ1n) is 6.07. The zero-order valence-electron chi connectivity index (χ0n) is 10.6. The second-order valence-corrected chi connectivity index (χ2v) is 5.03. The molecule has 3 N–H and O–H groups in total. The summed E-state index contributed by atoms with van der Waals surface area (Å²) in [7, 11) is 0. The number of nitrogens with one attached hydrogen (secondary N) is 1.